The van der Waals surface area contributed by atoms with Crippen molar-refractivity contribution in [3.8, 4) is 0 Å². The molecule has 0 aliphatic carbocycles. The van der Waals surface area contributed by atoms with Crippen molar-refractivity contribution in [3.63, 3.8) is 0 Å². The molecule has 29 heavy (non-hydrogen) atoms. The highest BCUT2D eigenvalue weighted by atomic mass is 16.2. The zero-order valence-corrected chi connectivity index (χ0v) is 16.2. The number of hydrogen-bond donors (Lipinski definition) is 1. The van der Waals surface area contributed by atoms with Crippen LogP contribution in [0.25, 0.3) is 0 Å². The van der Waals surface area contributed by atoms with Crippen LogP contribution >= 0.6 is 0 Å². The maximum absolute atomic E-state index is 13.2. The molecule has 3 amide bonds. The molecule has 1 aliphatic heterocycles. The van der Waals surface area contributed by atoms with E-state index < -0.39 is 11.4 Å². The lowest BCUT2D eigenvalue weighted by Crippen LogP contribution is -2.44. The molecule has 0 saturated carbocycles. The molecule has 0 saturated heterocycles. The van der Waals surface area contributed by atoms with Gasteiger partial charge >= 0.3 is 0 Å². The van der Waals surface area contributed by atoms with Crippen molar-refractivity contribution >= 4 is 17.7 Å². The van der Waals surface area contributed by atoms with Crippen LogP contribution < -0.4 is 5.32 Å². The molecule has 4 rings (SSSR count). The van der Waals surface area contributed by atoms with Crippen molar-refractivity contribution in [2.75, 3.05) is 7.05 Å². The van der Waals surface area contributed by atoms with E-state index >= 15 is 0 Å². The van der Waals surface area contributed by atoms with E-state index in [9.17, 15) is 14.4 Å². The Hall–Kier alpha value is -3.73. The van der Waals surface area contributed by atoms with Crippen LogP contribution in [-0.2, 0) is 5.54 Å². The molecule has 1 N–H and O–H groups in total. The molecule has 0 radical (unpaired) electrons. The van der Waals surface area contributed by atoms with E-state index in [-0.39, 0.29) is 17.4 Å². The highest BCUT2D eigenvalue weighted by Crippen LogP contribution is 2.30. The van der Waals surface area contributed by atoms with Crippen LogP contribution in [0.1, 0.15) is 49.1 Å². The molecule has 0 aromatic heterocycles. The smallest absolute Gasteiger partial charge is 0.261 e. The third-order valence-corrected chi connectivity index (χ3v) is 5.42. The maximum Gasteiger partial charge on any atom is 0.261 e. The van der Waals surface area contributed by atoms with Gasteiger partial charge in [-0.1, -0.05) is 60.7 Å². The van der Waals surface area contributed by atoms with Crippen LogP contribution in [0.2, 0.25) is 0 Å². The quantitative estimate of drug-likeness (QED) is 0.699. The summed E-state index contributed by atoms with van der Waals surface area (Å²) in [7, 11) is 1.44. The number of imide groups is 1. The summed E-state index contributed by atoms with van der Waals surface area (Å²) in [4.78, 5) is 38.6. The highest BCUT2D eigenvalue weighted by molar-refractivity contribution is 6.21. The van der Waals surface area contributed by atoms with E-state index in [1.807, 2.05) is 67.6 Å². The molecule has 0 spiro atoms. The Bertz CT molecular complexity index is 1070. The molecule has 0 atom stereocenters. The predicted molar refractivity (Wildman–Crippen MR) is 110 cm³/mol. The van der Waals surface area contributed by atoms with Crippen LogP contribution in [0.4, 0.5) is 0 Å². The molecule has 5 heteroatoms. The van der Waals surface area contributed by atoms with E-state index in [0.717, 1.165) is 16.0 Å². The fraction of sp³-hybridized carbons (Fsp3) is 0.125. The Labute approximate surface area is 169 Å². The van der Waals surface area contributed by atoms with Crippen LogP contribution in [0.15, 0.2) is 78.9 Å². The summed E-state index contributed by atoms with van der Waals surface area (Å²) < 4.78 is 0. The van der Waals surface area contributed by atoms with Gasteiger partial charge < -0.3 is 5.32 Å². The second-order valence-corrected chi connectivity index (χ2v) is 7.24. The molecule has 0 fully saturated rings. The number of amides is 3. The zero-order chi connectivity index (χ0) is 20.6. The maximum atomic E-state index is 13.2. The summed E-state index contributed by atoms with van der Waals surface area (Å²) >= 11 is 0. The lowest BCUT2D eigenvalue weighted by Gasteiger charge is -2.32. The molecule has 0 bridgehead atoms. The van der Waals surface area contributed by atoms with Crippen LogP contribution in [0.3, 0.4) is 0 Å². The van der Waals surface area contributed by atoms with Crippen LogP contribution in [0, 0.1) is 0 Å². The van der Waals surface area contributed by atoms with Gasteiger partial charge in [-0.05, 0) is 36.2 Å². The van der Waals surface area contributed by atoms with Crippen molar-refractivity contribution in [2.45, 2.75) is 12.5 Å². The van der Waals surface area contributed by atoms with Gasteiger partial charge in [-0.2, -0.15) is 0 Å². The number of carbonyl (C=O) groups is 3. The molecular weight excluding hydrogens is 364 g/mol. The molecule has 3 aromatic rings. The molecule has 1 aliphatic rings. The molecular formula is C24H20N2O3. The SMILES string of the molecule is CN1C(=O)c2ccc(C(=O)NC(C)(c3ccccc3)c3ccccc3)cc2C1=O. The first kappa shape index (κ1) is 18.6. The Morgan fingerprint density at radius 1 is 0.793 bits per heavy atom. The minimum absolute atomic E-state index is 0.256. The topological polar surface area (TPSA) is 66.5 Å². The van der Waals surface area contributed by atoms with Crippen LogP contribution in [0.5, 0.6) is 0 Å². The first-order valence-electron chi connectivity index (χ1n) is 9.32. The molecule has 3 aromatic carbocycles. The summed E-state index contributed by atoms with van der Waals surface area (Å²) in [5, 5.41) is 3.12. The van der Waals surface area contributed by atoms with E-state index in [2.05, 4.69) is 5.32 Å². The molecule has 1 heterocycles. The fourth-order valence-electron chi connectivity index (χ4n) is 3.66. The van der Waals surface area contributed by atoms with Gasteiger partial charge in [-0.25, -0.2) is 0 Å². The van der Waals surface area contributed by atoms with Crippen molar-refractivity contribution in [1.29, 1.82) is 0 Å². The second kappa shape index (κ2) is 7.02. The monoisotopic (exact) mass is 384 g/mol. The third-order valence-electron chi connectivity index (χ3n) is 5.42. The number of fused-ring (bicyclic) bond motifs is 1. The summed E-state index contributed by atoms with van der Waals surface area (Å²) in [5.41, 5.74) is 2.01. The molecule has 0 unspecified atom stereocenters. The summed E-state index contributed by atoms with van der Waals surface area (Å²) in [5.74, 6) is -1.07. The lowest BCUT2D eigenvalue weighted by molar-refractivity contribution is 0.0693. The van der Waals surface area contributed by atoms with Gasteiger partial charge in [0.15, 0.2) is 0 Å². The van der Waals surface area contributed by atoms with E-state index in [0.29, 0.717) is 11.1 Å². The standard InChI is InChI=1S/C24H20N2O3/c1-24(17-9-5-3-6-10-17,18-11-7-4-8-12-18)25-21(27)16-13-14-19-20(15-16)23(29)26(2)22(19)28/h3-15H,1-2H3,(H,25,27). The van der Waals surface area contributed by atoms with Gasteiger partial charge in [0, 0.05) is 12.6 Å². The Morgan fingerprint density at radius 3 is 1.86 bits per heavy atom. The van der Waals surface area contributed by atoms with Crippen molar-refractivity contribution < 1.29 is 14.4 Å². The first-order valence-corrected chi connectivity index (χ1v) is 9.32. The largest absolute Gasteiger partial charge is 0.339 e. The van der Waals surface area contributed by atoms with E-state index in [1.54, 1.807) is 6.07 Å². The van der Waals surface area contributed by atoms with Gasteiger partial charge in [-0.15, -0.1) is 0 Å². The average molecular weight is 384 g/mol. The normalized spacial score (nSPS) is 13.4. The lowest BCUT2D eigenvalue weighted by atomic mass is 9.84. The van der Waals surface area contributed by atoms with E-state index in [1.165, 1.54) is 19.2 Å². The highest BCUT2D eigenvalue weighted by Gasteiger charge is 2.35. The number of hydrogen-bond acceptors (Lipinski definition) is 3. The van der Waals surface area contributed by atoms with Crippen molar-refractivity contribution in [1.82, 2.24) is 10.2 Å². The van der Waals surface area contributed by atoms with Crippen molar-refractivity contribution in [2.24, 2.45) is 0 Å². The summed E-state index contributed by atoms with van der Waals surface area (Å²) in [6.07, 6.45) is 0. The van der Waals surface area contributed by atoms with Gasteiger partial charge in [0.2, 0.25) is 0 Å². The van der Waals surface area contributed by atoms with Crippen LogP contribution in [-0.4, -0.2) is 29.7 Å². The number of benzene rings is 3. The van der Waals surface area contributed by atoms with Gasteiger partial charge in [0.05, 0.1) is 16.7 Å². The average Bonchev–Trinajstić information content (AvgIpc) is 2.98. The zero-order valence-electron chi connectivity index (χ0n) is 16.2. The number of rotatable bonds is 4. The molecule has 144 valence electrons. The van der Waals surface area contributed by atoms with Gasteiger partial charge in [-0.3, -0.25) is 19.3 Å². The Kier molecular flexibility index (Phi) is 4.51. The van der Waals surface area contributed by atoms with Gasteiger partial charge in [0.25, 0.3) is 17.7 Å². The number of carbonyl (C=O) groups excluding carboxylic acids is 3. The third kappa shape index (κ3) is 3.10. The second-order valence-electron chi connectivity index (χ2n) is 7.24. The Balaban J connectivity index is 1.72. The fourth-order valence-corrected chi connectivity index (χ4v) is 3.66. The summed E-state index contributed by atoms with van der Waals surface area (Å²) in [6.45, 7) is 1.95. The number of nitrogens with one attached hydrogen (secondary N) is 1. The minimum atomic E-state index is -0.769. The van der Waals surface area contributed by atoms with E-state index in [4.69, 9.17) is 0 Å². The summed E-state index contributed by atoms with van der Waals surface area (Å²) in [6, 6.07) is 24.0. The van der Waals surface area contributed by atoms with Crippen molar-refractivity contribution in [3.05, 3.63) is 107 Å². The minimum Gasteiger partial charge on any atom is -0.339 e. The Morgan fingerprint density at radius 2 is 1.31 bits per heavy atom. The predicted octanol–water partition coefficient (Wildman–Crippen LogP) is 3.61. The molecule has 5 nitrogen and oxygen atoms in total. The number of nitrogens with zero attached hydrogens (tertiary/aromatic N) is 1. The first-order chi connectivity index (χ1) is 13.9. The van der Waals surface area contributed by atoms with Gasteiger partial charge in [0.1, 0.15) is 0 Å².